The van der Waals surface area contributed by atoms with Crippen molar-refractivity contribution in [2.45, 2.75) is 31.2 Å². The molecule has 1 aromatic carbocycles. The minimum atomic E-state index is -3.09. The van der Waals surface area contributed by atoms with Crippen molar-refractivity contribution in [1.82, 2.24) is 10.2 Å². The summed E-state index contributed by atoms with van der Waals surface area (Å²) in [5, 5.41) is 3.43. The second-order valence-electron chi connectivity index (χ2n) is 5.94. The summed E-state index contributed by atoms with van der Waals surface area (Å²) in [4.78, 5) is 2.85. The van der Waals surface area contributed by atoms with E-state index in [4.69, 9.17) is 0 Å². The van der Waals surface area contributed by atoms with Crippen LogP contribution in [0.4, 0.5) is 0 Å². The molecule has 0 atom stereocenters. The normalized spacial score (nSPS) is 17.2. The molecular formula is C16H27ClN2O2S. The van der Waals surface area contributed by atoms with E-state index < -0.39 is 9.84 Å². The molecule has 1 saturated heterocycles. The zero-order chi connectivity index (χ0) is 15.3. The first-order valence-corrected chi connectivity index (χ1v) is 9.60. The lowest BCUT2D eigenvalue weighted by Gasteiger charge is -2.32. The Labute approximate surface area is 140 Å². The maximum absolute atomic E-state index is 11.4. The van der Waals surface area contributed by atoms with Gasteiger partial charge in [0.2, 0.25) is 0 Å². The molecule has 0 unspecified atom stereocenters. The van der Waals surface area contributed by atoms with Gasteiger partial charge in [0.05, 0.1) is 4.90 Å². The van der Waals surface area contributed by atoms with E-state index in [-0.39, 0.29) is 12.4 Å². The average molecular weight is 347 g/mol. The van der Waals surface area contributed by atoms with Crippen molar-refractivity contribution in [2.24, 2.45) is 5.92 Å². The molecule has 1 N–H and O–H groups in total. The summed E-state index contributed by atoms with van der Waals surface area (Å²) < 4.78 is 22.9. The number of piperidine rings is 1. The maximum atomic E-state index is 11.4. The molecule has 0 spiro atoms. The molecule has 1 aromatic rings. The number of nitrogens with one attached hydrogen (secondary N) is 1. The van der Waals surface area contributed by atoms with Crippen LogP contribution in [0.15, 0.2) is 29.2 Å². The molecule has 126 valence electrons. The summed E-state index contributed by atoms with van der Waals surface area (Å²) in [5.41, 5.74) is 1.19. The quantitative estimate of drug-likeness (QED) is 0.859. The van der Waals surface area contributed by atoms with Crippen LogP contribution in [0.1, 0.15) is 25.3 Å². The van der Waals surface area contributed by atoms with Crippen molar-refractivity contribution in [3.63, 3.8) is 0 Å². The monoisotopic (exact) mass is 346 g/mol. The number of benzene rings is 1. The molecule has 0 aliphatic carbocycles. The molecule has 0 amide bonds. The number of nitrogens with zero attached hydrogens (tertiary/aromatic N) is 1. The van der Waals surface area contributed by atoms with E-state index in [0.717, 1.165) is 38.6 Å². The Balaban J connectivity index is 0.00000242. The van der Waals surface area contributed by atoms with Crippen LogP contribution in [0.3, 0.4) is 0 Å². The van der Waals surface area contributed by atoms with Crippen molar-refractivity contribution < 1.29 is 8.42 Å². The molecule has 2 rings (SSSR count). The number of halogens is 1. The van der Waals surface area contributed by atoms with Crippen LogP contribution in [0.2, 0.25) is 0 Å². The summed E-state index contributed by atoms with van der Waals surface area (Å²) in [7, 11) is -3.09. The second kappa shape index (κ2) is 8.87. The Morgan fingerprint density at radius 3 is 2.27 bits per heavy atom. The van der Waals surface area contributed by atoms with Crippen molar-refractivity contribution in [2.75, 3.05) is 32.4 Å². The third-order valence-corrected chi connectivity index (χ3v) is 5.28. The van der Waals surface area contributed by atoms with Crippen LogP contribution in [0, 0.1) is 5.92 Å². The largest absolute Gasteiger partial charge is 0.317 e. The molecule has 1 fully saturated rings. The van der Waals surface area contributed by atoms with E-state index in [1.807, 2.05) is 12.1 Å². The van der Waals surface area contributed by atoms with E-state index >= 15 is 0 Å². The van der Waals surface area contributed by atoms with Crippen molar-refractivity contribution in [3.05, 3.63) is 29.8 Å². The Morgan fingerprint density at radius 2 is 1.77 bits per heavy atom. The highest BCUT2D eigenvalue weighted by molar-refractivity contribution is 7.90. The summed E-state index contributed by atoms with van der Waals surface area (Å²) in [6.45, 7) is 7.50. The first-order valence-electron chi connectivity index (χ1n) is 7.71. The van der Waals surface area contributed by atoms with Gasteiger partial charge in [-0.3, -0.25) is 4.90 Å². The lowest BCUT2D eigenvalue weighted by Crippen LogP contribution is -2.36. The number of hydrogen-bond donors (Lipinski definition) is 1. The van der Waals surface area contributed by atoms with Gasteiger partial charge < -0.3 is 5.32 Å². The minimum Gasteiger partial charge on any atom is -0.317 e. The summed E-state index contributed by atoms with van der Waals surface area (Å²) >= 11 is 0. The fourth-order valence-electron chi connectivity index (χ4n) is 2.80. The molecule has 0 radical (unpaired) electrons. The van der Waals surface area contributed by atoms with Gasteiger partial charge in [-0.15, -0.1) is 12.4 Å². The smallest absolute Gasteiger partial charge is 0.175 e. The van der Waals surface area contributed by atoms with E-state index in [9.17, 15) is 8.42 Å². The molecule has 1 heterocycles. The first kappa shape index (κ1) is 19.4. The van der Waals surface area contributed by atoms with Gasteiger partial charge in [0.25, 0.3) is 0 Å². The molecule has 22 heavy (non-hydrogen) atoms. The Kier molecular flexibility index (Phi) is 7.83. The van der Waals surface area contributed by atoms with E-state index in [2.05, 4.69) is 17.1 Å². The molecule has 1 aliphatic heterocycles. The Morgan fingerprint density at radius 1 is 1.18 bits per heavy atom. The topological polar surface area (TPSA) is 49.4 Å². The Hall–Kier alpha value is -0.620. The highest BCUT2D eigenvalue weighted by Crippen LogP contribution is 2.19. The minimum absolute atomic E-state index is 0. The molecule has 0 aromatic heterocycles. The van der Waals surface area contributed by atoms with Crippen LogP contribution in [0.25, 0.3) is 0 Å². The van der Waals surface area contributed by atoms with E-state index in [0.29, 0.717) is 4.90 Å². The van der Waals surface area contributed by atoms with Crippen molar-refractivity contribution in [1.29, 1.82) is 0 Å². The third-order valence-electron chi connectivity index (χ3n) is 4.15. The maximum Gasteiger partial charge on any atom is 0.175 e. The third kappa shape index (κ3) is 5.88. The van der Waals surface area contributed by atoms with Crippen molar-refractivity contribution >= 4 is 22.2 Å². The molecule has 6 heteroatoms. The van der Waals surface area contributed by atoms with Gasteiger partial charge in [-0.2, -0.15) is 0 Å². The van der Waals surface area contributed by atoms with Crippen LogP contribution in [0.5, 0.6) is 0 Å². The molecule has 0 saturated carbocycles. The fraction of sp³-hybridized carbons (Fsp3) is 0.625. The lowest BCUT2D eigenvalue weighted by molar-refractivity contribution is 0.176. The number of rotatable bonds is 6. The fourth-order valence-corrected chi connectivity index (χ4v) is 3.43. The number of hydrogen-bond acceptors (Lipinski definition) is 4. The molecule has 0 bridgehead atoms. The highest BCUT2D eigenvalue weighted by Gasteiger charge is 2.18. The number of likely N-dealkylation sites (tertiary alicyclic amines) is 1. The SMILES string of the molecule is CCNCC1CCN(Cc2ccc(S(C)(=O)=O)cc2)CC1.Cl. The van der Waals surface area contributed by atoms with E-state index in [1.165, 1.54) is 24.7 Å². The summed E-state index contributed by atoms with van der Waals surface area (Å²) in [5.74, 6) is 0.800. The Bertz CT molecular complexity index is 538. The van der Waals surface area contributed by atoms with Crippen LogP contribution < -0.4 is 5.32 Å². The first-order chi connectivity index (χ1) is 9.99. The zero-order valence-corrected chi connectivity index (χ0v) is 15.0. The average Bonchev–Trinajstić information content (AvgIpc) is 2.46. The van der Waals surface area contributed by atoms with Crippen molar-refractivity contribution in [3.8, 4) is 0 Å². The zero-order valence-electron chi connectivity index (χ0n) is 13.4. The van der Waals surface area contributed by atoms with Gasteiger partial charge in [0.1, 0.15) is 0 Å². The van der Waals surface area contributed by atoms with Gasteiger partial charge in [-0.1, -0.05) is 19.1 Å². The number of sulfone groups is 1. The van der Waals surface area contributed by atoms with Gasteiger partial charge in [-0.25, -0.2) is 8.42 Å². The van der Waals surface area contributed by atoms with Gasteiger partial charge in [-0.05, 0) is 62.6 Å². The standard InChI is InChI=1S/C16H26N2O2S.ClH/c1-3-17-12-14-8-10-18(11-9-14)13-15-4-6-16(7-5-15)21(2,19)20;/h4-7,14,17H,3,8-13H2,1-2H3;1H. The van der Waals surface area contributed by atoms with Gasteiger partial charge in [0.15, 0.2) is 9.84 Å². The molecule has 1 aliphatic rings. The van der Waals surface area contributed by atoms with Crippen LogP contribution >= 0.6 is 12.4 Å². The van der Waals surface area contributed by atoms with E-state index in [1.54, 1.807) is 12.1 Å². The lowest BCUT2D eigenvalue weighted by atomic mass is 9.96. The van der Waals surface area contributed by atoms with Crippen LogP contribution in [-0.4, -0.2) is 45.8 Å². The predicted molar refractivity (Wildman–Crippen MR) is 93.3 cm³/mol. The predicted octanol–water partition coefficient (Wildman–Crippen LogP) is 2.33. The van der Waals surface area contributed by atoms with Gasteiger partial charge in [0, 0.05) is 12.8 Å². The van der Waals surface area contributed by atoms with Crippen LogP contribution in [-0.2, 0) is 16.4 Å². The summed E-state index contributed by atoms with van der Waals surface area (Å²) in [6, 6.07) is 7.29. The van der Waals surface area contributed by atoms with Gasteiger partial charge >= 0.3 is 0 Å². The molecule has 4 nitrogen and oxygen atoms in total. The second-order valence-corrected chi connectivity index (χ2v) is 7.96. The highest BCUT2D eigenvalue weighted by atomic mass is 35.5. The summed E-state index contributed by atoms with van der Waals surface area (Å²) in [6.07, 6.45) is 3.74. The molecular weight excluding hydrogens is 320 g/mol.